The van der Waals surface area contributed by atoms with Crippen LogP contribution in [0.2, 0.25) is 0 Å². The van der Waals surface area contributed by atoms with E-state index in [2.05, 4.69) is 20.3 Å². The van der Waals surface area contributed by atoms with E-state index in [1.54, 1.807) is 0 Å². The summed E-state index contributed by atoms with van der Waals surface area (Å²) < 4.78 is 5.83. The van der Waals surface area contributed by atoms with Crippen molar-refractivity contribution >= 4 is 11.7 Å². The van der Waals surface area contributed by atoms with Crippen LogP contribution in [0.3, 0.4) is 0 Å². The maximum Gasteiger partial charge on any atom is 0.174 e. The Hall–Kier alpha value is -1.89. The fourth-order valence-electron chi connectivity index (χ4n) is 3.34. The van der Waals surface area contributed by atoms with Crippen LogP contribution >= 0.6 is 0 Å². The highest BCUT2D eigenvalue weighted by atomic mass is 16.5. The molecule has 0 bridgehead atoms. The molecule has 0 radical (unpaired) electrons. The summed E-state index contributed by atoms with van der Waals surface area (Å²) in [5, 5.41) is 20.8. The first-order chi connectivity index (χ1) is 10.1. The molecule has 2 fully saturated rings. The van der Waals surface area contributed by atoms with E-state index in [0.29, 0.717) is 24.0 Å². The van der Waals surface area contributed by atoms with Crippen molar-refractivity contribution in [2.24, 2.45) is 10.9 Å². The quantitative estimate of drug-likeness (QED) is 0.364. The lowest BCUT2D eigenvalue weighted by molar-refractivity contribution is 0.0252. The zero-order chi connectivity index (χ0) is 15.0. The minimum absolute atomic E-state index is 0.0848. The van der Waals surface area contributed by atoms with Gasteiger partial charge in [-0.15, -0.1) is 5.10 Å². The zero-order valence-electron chi connectivity index (χ0n) is 12.4. The topological polar surface area (TPSA) is 96.9 Å². The number of hydrogen-bond donors (Lipinski definition) is 2. The Bertz CT molecular complexity index is 575. The number of oxime groups is 1. The molecule has 2 aliphatic rings. The van der Waals surface area contributed by atoms with Gasteiger partial charge in [-0.2, -0.15) is 5.10 Å². The normalized spacial score (nSPS) is 26.0. The molecule has 3 rings (SSSR count). The SMILES string of the molecule is Cc1nnc(N2CCOC3CCCC32)c(C(N)=NO)c1C. The van der Waals surface area contributed by atoms with Crippen molar-refractivity contribution in [3.63, 3.8) is 0 Å². The molecule has 2 heterocycles. The van der Waals surface area contributed by atoms with Gasteiger partial charge in [0.2, 0.25) is 0 Å². The smallest absolute Gasteiger partial charge is 0.174 e. The first-order valence-corrected chi connectivity index (χ1v) is 7.33. The summed E-state index contributed by atoms with van der Waals surface area (Å²) >= 11 is 0. The second-order valence-electron chi connectivity index (χ2n) is 5.70. The van der Waals surface area contributed by atoms with Gasteiger partial charge in [-0.1, -0.05) is 5.16 Å². The molecule has 1 saturated heterocycles. The third-order valence-electron chi connectivity index (χ3n) is 4.55. The number of ether oxygens (including phenoxy) is 1. The first-order valence-electron chi connectivity index (χ1n) is 7.33. The summed E-state index contributed by atoms with van der Waals surface area (Å²) in [6.07, 6.45) is 3.57. The van der Waals surface area contributed by atoms with Gasteiger partial charge in [0.05, 0.1) is 30.0 Å². The van der Waals surface area contributed by atoms with E-state index in [-0.39, 0.29) is 11.9 Å². The molecule has 2 unspecified atom stereocenters. The van der Waals surface area contributed by atoms with Crippen molar-refractivity contribution in [3.05, 3.63) is 16.8 Å². The summed E-state index contributed by atoms with van der Waals surface area (Å²) in [5.74, 6) is 0.787. The van der Waals surface area contributed by atoms with Gasteiger partial charge in [-0.05, 0) is 38.7 Å². The van der Waals surface area contributed by atoms with Crippen LogP contribution in [0.1, 0.15) is 36.1 Å². The lowest BCUT2D eigenvalue weighted by atomic mass is 10.0. The second-order valence-corrected chi connectivity index (χ2v) is 5.70. The lowest BCUT2D eigenvalue weighted by Gasteiger charge is -2.39. The lowest BCUT2D eigenvalue weighted by Crippen LogP contribution is -2.50. The number of hydrogen-bond acceptors (Lipinski definition) is 6. The van der Waals surface area contributed by atoms with Gasteiger partial charge in [0, 0.05) is 6.54 Å². The van der Waals surface area contributed by atoms with Crippen LogP contribution in [0.15, 0.2) is 5.16 Å². The number of amidine groups is 1. The Balaban J connectivity index is 2.07. The number of morpholine rings is 1. The van der Waals surface area contributed by atoms with Crippen molar-refractivity contribution in [1.82, 2.24) is 10.2 Å². The molecule has 1 saturated carbocycles. The van der Waals surface area contributed by atoms with Crippen molar-refractivity contribution < 1.29 is 9.94 Å². The van der Waals surface area contributed by atoms with E-state index < -0.39 is 0 Å². The number of fused-ring (bicyclic) bond motifs is 1. The van der Waals surface area contributed by atoms with Gasteiger partial charge in [-0.25, -0.2) is 0 Å². The first kappa shape index (κ1) is 14.1. The van der Waals surface area contributed by atoms with E-state index in [0.717, 1.165) is 37.1 Å². The number of rotatable bonds is 2. The summed E-state index contributed by atoms with van der Waals surface area (Å²) in [7, 11) is 0. The van der Waals surface area contributed by atoms with Crippen LogP contribution in [0, 0.1) is 13.8 Å². The van der Waals surface area contributed by atoms with Crippen LogP contribution in [-0.4, -0.2) is 46.5 Å². The zero-order valence-corrected chi connectivity index (χ0v) is 12.4. The fourth-order valence-corrected chi connectivity index (χ4v) is 3.34. The van der Waals surface area contributed by atoms with E-state index >= 15 is 0 Å². The van der Waals surface area contributed by atoms with E-state index in [1.807, 2.05) is 13.8 Å². The maximum absolute atomic E-state index is 9.09. The van der Waals surface area contributed by atoms with Gasteiger partial charge in [0.25, 0.3) is 0 Å². The molecule has 2 atom stereocenters. The van der Waals surface area contributed by atoms with E-state index in [9.17, 15) is 0 Å². The summed E-state index contributed by atoms with van der Waals surface area (Å²) in [5.41, 5.74) is 8.25. The molecule has 3 N–H and O–H groups in total. The van der Waals surface area contributed by atoms with Crippen LogP contribution in [0.25, 0.3) is 0 Å². The molecule has 0 amide bonds. The van der Waals surface area contributed by atoms with Crippen molar-refractivity contribution in [1.29, 1.82) is 0 Å². The Morgan fingerprint density at radius 2 is 2.19 bits per heavy atom. The predicted octanol–water partition coefficient (Wildman–Crippen LogP) is 0.946. The van der Waals surface area contributed by atoms with E-state index in [4.69, 9.17) is 15.7 Å². The van der Waals surface area contributed by atoms with Crippen molar-refractivity contribution in [2.75, 3.05) is 18.1 Å². The maximum atomic E-state index is 9.09. The summed E-state index contributed by atoms with van der Waals surface area (Å²) in [4.78, 5) is 2.22. The summed E-state index contributed by atoms with van der Waals surface area (Å²) in [6.45, 7) is 5.22. The highest BCUT2D eigenvalue weighted by Crippen LogP contribution is 2.34. The number of nitrogens with two attached hydrogens (primary N) is 1. The molecule has 1 aliphatic heterocycles. The van der Waals surface area contributed by atoms with Crippen LogP contribution in [0.5, 0.6) is 0 Å². The molecule has 7 heteroatoms. The molecular weight excluding hydrogens is 270 g/mol. The Kier molecular flexibility index (Phi) is 3.67. The highest BCUT2D eigenvalue weighted by molar-refractivity contribution is 6.02. The van der Waals surface area contributed by atoms with Crippen LogP contribution in [0.4, 0.5) is 5.82 Å². The van der Waals surface area contributed by atoms with Crippen LogP contribution in [-0.2, 0) is 4.74 Å². The van der Waals surface area contributed by atoms with E-state index in [1.165, 1.54) is 0 Å². The number of nitrogens with zero attached hydrogens (tertiary/aromatic N) is 4. The van der Waals surface area contributed by atoms with Gasteiger partial charge in [0.1, 0.15) is 0 Å². The molecule has 7 nitrogen and oxygen atoms in total. The van der Waals surface area contributed by atoms with Gasteiger partial charge in [0.15, 0.2) is 11.7 Å². The fraction of sp³-hybridized carbons (Fsp3) is 0.643. The average Bonchev–Trinajstić information content (AvgIpc) is 2.97. The standard InChI is InChI=1S/C14H21N5O2/c1-8-9(2)16-17-14(12(8)13(15)18-20)19-6-7-21-11-5-3-4-10(11)19/h10-11,20H,3-7H2,1-2H3,(H2,15,18). The molecule has 0 spiro atoms. The molecular formula is C14H21N5O2. The molecule has 1 aromatic rings. The van der Waals surface area contributed by atoms with Crippen LogP contribution < -0.4 is 10.6 Å². The third kappa shape index (κ3) is 2.31. The molecule has 114 valence electrons. The predicted molar refractivity (Wildman–Crippen MR) is 78.7 cm³/mol. The summed E-state index contributed by atoms with van der Waals surface area (Å²) in [6, 6.07) is 0.306. The van der Waals surface area contributed by atoms with Gasteiger partial charge < -0.3 is 20.6 Å². The molecule has 21 heavy (non-hydrogen) atoms. The Labute approximate surface area is 123 Å². The minimum atomic E-state index is 0.0848. The van der Waals surface area contributed by atoms with Crippen molar-refractivity contribution in [2.45, 2.75) is 45.3 Å². The molecule has 1 aliphatic carbocycles. The Morgan fingerprint density at radius 1 is 1.38 bits per heavy atom. The average molecular weight is 291 g/mol. The second kappa shape index (κ2) is 5.48. The van der Waals surface area contributed by atoms with Crippen molar-refractivity contribution in [3.8, 4) is 0 Å². The molecule has 1 aromatic heterocycles. The Morgan fingerprint density at radius 3 is 2.95 bits per heavy atom. The monoisotopic (exact) mass is 291 g/mol. The number of anilines is 1. The number of aromatic nitrogens is 2. The number of aryl methyl sites for hydroxylation is 1. The third-order valence-corrected chi connectivity index (χ3v) is 4.55. The van der Waals surface area contributed by atoms with Gasteiger partial charge in [-0.3, -0.25) is 0 Å². The van der Waals surface area contributed by atoms with Gasteiger partial charge >= 0.3 is 0 Å². The highest BCUT2D eigenvalue weighted by Gasteiger charge is 2.38. The minimum Gasteiger partial charge on any atom is -0.409 e. The molecule has 0 aromatic carbocycles. The largest absolute Gasteiger partial charge is 0.409 e.